The lowest BCUT2D eigenvalue weighted by molar-refractivity contribution is -0.119. The third-order valence-electron chi connectivity index (χ3n) is 8.43. The first-order chi connectivity index (χ1) is 11.3. The van der Waals surface area contributed by atoms with Crippen molar-refractivity contribution in [1.29, 1.82) is 0 Å². The van der Waals surface area contributed by atoms with Gasteiger partial charge in [-0.25, -0.2) is 0 Å². The Morgan fingerprint density at radius 3 is 2.46 bits per heavy atom. The van der Waals surface area contributed by atoms with E-state index >= 15 is 0 Å². The van der Waals surface area contributed by atoms with Crippen LogP contribution in [0.4, 0.5) is 0 Å². The Kier molecular flexibility index (Phi) is 5.20. The Bertz CT molecular complexity index is 463. The van der Waals surface area contributed by atoms with E-state index in [0.29, 0.717) is 11.2 Å². The van der Waals surface area contributed by atoms with Crippen LogP contribution in [-0.4, -0.2) is 5.78 Å². The van der Waals surface area contributed by atoms with Gasteiger partial charge in [0.25, 0.3) is 0 Å². The molecule has 0 aromatic heterocycles. The molecule has 0 aromatic carbocycles. The number of carbonyl (C=O) groups is 1. The number of fused-ring (bicyclic) bond motifs is 1. The van der Waals surface area contributed by atoms with Crippen molar-refractivity contribution in [2.24, 2.45) is 28.1 Å². The summed E-state index contributed by atoms with van der Waals surface area (Å²) in [5, 5.41) is 0. The second-order valence-corrected chi connectivity index (χ2v) is 10.5. The molecule has 0 heterocycles. The third kappa shape index (κ3) is 3.75. The molecule has 1 nitrogen and oxygen atoms in total. The van der Waals surface area contributed by atoms with Gasteiger partial charge in [0, 0.05) is 6.42 Å². The molecule has 0 bridgehead atoms. The van der Waals surface area contributed by atoms with Gasteiger partial charge in [-0.3, -0.25) is 0 Å². The molecule has 0 radical (unpaired) electrons. The summed E-state index contributed by atoms with van der Waals surface area (Å²) < 4.78 is 0. The van der Waals surface area contributed by atoms with E-state index in [0.717, 1.165) is 23.7 Å². The summed E-state index contributed by atoms with van der Waals surface area (Å²) in [5.74, 6) is 2.29. The predicted octanol–water partition coefficient (Wildman–Crippen LogP) is 6.94. The van der Waals surface area contributed by atoms with Crippen molar-refractivity contribution in [1.82, 2.24) is 0 Å². The third-order valence-corrected chi connectivity index (χ3v) is 8.43. The maximum Gasteiger partial charge on any atom is 0.130 e. The fraction of sp³-hybridized carbons (Fsp3) is 0.957. The molecule has 1 heteroatoms. The summed E-state index contributed by atoms with van der Waals surface area (Å²) in [4.78, 5) is 11.8. The molecular formula is C23H40O. The van der Waals surface area contributed by atoms with E-state index in [4.69, 9.17) is 0 Å². The van der Waals surface area contributed by atoms with Crippen molar-refractivity contribution < 1.29 is 4.79 Å². The van der Waals surface area contributed by atoms with Crippen LogP contribution in [0.2, 0.25) is 0 Å². The van der Waals surface area contributed by atoms with E-state index in [2.05, 4.69) is 20.8 Å². The van der Waals surface area contributed by atoms with E-state index in [1.54, 1.807) is 13.3 Å². The van der Waals surface area contributed by atoms with Crippen molar-refractivity contribution in [3.63, 3.8) is 0 Å². The molecule has 0 saturated heterocycles. The SMILES string of the molecule is CCCC(C)(CC[C@H]1CCC[C@@H]2CC3(CC3)CC[C@]12C)CC(C)=O. The van der Waals surface area contributed by atoms with Crippen LogP contribution in [0.1, 0.15) is 111 Å². The Hall–Kier alpha value is -0.330. The van der Waals surface area contributed by atoms with Crippen molar-refractivity contribution in [3.05, 3.63) is 0 Å². The number of Topliss-reactive ketones (excluding diaryl/α,β-unsaturated/α-hetero) is 1. The van der Waals surface area contributed by atoms with E-state index in [1.807, 2.05) is 0 Å². The molecular weight excluding hydrogens is 292 g/mol. The number of rotatable bonds is 7. The smallest absolute Gasteiger partial charge is 0.130 e. The van der Waals surface area contributed by atoms with Gasteiger partial charge in [-0.2, -0.15) is 0 Å². The molecule has 3 fully saturated rings. The van der Waals surface area contributed by atoms with Gasteiger partial charge in [-0.1, -0.05) is 33.6 Å². The summed E-state index contributed by atoms with van der Waals surface area (Å²) in [7, 11) is 0. The zero-order valence-electron chi connectivity index (χ0n) is 16.8. The Morgan fingerprint density at radius 1 is 1.12 bits per heavy atom. The van der Waals surface area contributed by atoms with E-state index in [-0.39, 0.29) is 5.41 Å². The predicted molar refractivity (Wildman–Crippen MR) is 102 cm³/mol. The van der Waals surface area contributed by atoms with Gasteiger partial charge >= 0.3 is 0 Å². The van der Waals surface area contributed by atoms with Crippen LogP contribution >= 0.6 is 0 Å². The number of carbonyl (C=O) groups excluding carboxylic acids is 1. The molecule has 3 saturated carbocycles. The minimum absolute atomic E-state index is 0.246. The minimum Gasteiger partial charge on any atom is -0.300 e. The number of ketones is 1. The lowest BCUT2D eigenvalue weighted by Gasteiger charge is -2.53. The fourth-order valence-electron chi connectivity index (χ4n) is 6.64. The first kappa shape index (κ1) is 18.5. The number of hydrogen-bond donors (Lipinski definition) is 0. The summed E-state index contributed by atoms with van der Waals surface area (Å²) in [6.07, 6.45) is 17.8. The van der Waals surface area contributed by atoms with Crippen LogP contribution in [0.25, 0.3) is 0 Å². The van der Waals surface area contributed by atoms with Crippen LogP contribution in [-0.2, 0) is 4.79 Å². The molecule has 0 aromatic rings. The van der Waals surface area contributed by atoms with E-state index in [9.17, 15) is 4.79 Å². The van der Waals surface area contributed by atoms with Crippen molar-refractivity contribution in [3.8, 4) is 0 Å². The molecule has 0 N–H and O–H groups in total. The zero-order chi connectivity index (χ0) is 17.4. The van der Waals surface area contributed by atoms with Crippen LogP contribution in [0, 0.1) is 28.1 Å². The quantitative estimate of drug-likeness (QED) is 0.493. The average molecular weight is 333 g/mol. The molecule has 0 aliphatic heterocycles. The molecule has 3 aliphatic rings. The Morgan fingerprint density at radius 2 is 1.83 bits per heavy atom. The summed E-state index contributed by atoms with van der Waals surface area (Å²) in [6.45, 7) is 9.06. The van der Waals surface area contributed by atoms with Crippen molar-refractivity contribution >= 4 is 5.78 Å². The monoisotopic (exact) mass is 332 g/mol. The zero-order valence-corrected chi connectivity index (χ0v) is 16.8. The van der Waals surface area contributed by atoms with Crippen LogP contribution in [0.5, 0.6) is 0 Å². The topological polar surface area (TPSA) is 17.1 Å². The molecule has 1 spiro atoms. The highest BCUT2D eigenvalue weighted by Gasteiger charge is 2.55. The van der Waals surface area contributed by atoms with Crippen molar-refractivity contribution in [2.45, 2.75) is 111 Å². The molecule has 0 amide bonds. The van der Waals surface area contributed by atoms with Gasteiger partial charge in [0.15, 0.2) is 0 Å². The largest absolute Gasteiger partial charge is 0.300 e. The molecule has 24 heavy (non-hydrogen) atoms. The van der Waals surface area contributed by atoms with E-state index in [1.165, 1.54) is 70.6 Å². The van der Waals surface area contributed by atoms with Crippen LogP contribution < -0.4 is 0 Å². The van der Waals surface area contributed by atoms with Crippen LogP contribution in [0.3, 0.4) is 0 Å². The number of hydrogen-bond acceptors (Lipinski definition) is 1. The lowest BCUT2D eigenvalue weighted by Crippen LogP contribution is -2.44. The molecule has 4 atom stereocenters. The molecule has 3 aliphatic carbocycles. The summed E-state index contributed by atoms with van der Waals surface area (Å²) in [6, 6.07) is 0. The Balaban J connectivity index is 1.64. The minimum atomic E-state index is 0.246. The molecule has 138 valence electrons. The second-order valence-electron chi connectivity index (χ2n) is 10.5. The summed E-state index contributed by atoms with van der Waals surface area (Å²) >= 11 is 0. The van der Waals surface area contributed by atoms with Crippen molar-refractivity contribution in [2.75, 3.05) is 0 Å². The van der Waals surface area contributed by atoms with Gasteiger partial charge in [0.1, 0.15) is 5.78 Å². The first-order valence-corrected chi connectivity index (χ1v) is 10.8. The normalized spacial score (nSPS) is 36.8. The highest BCUT2D eigenvalue weighted by molar-refractivity contribution is 5.76. The first-order valence-electron chi connectivity index (χ1n) is 10.8. The fourth-order valence-corrected chi connectivity index (χ4v) is 6.64. The average Bonchev–Trinajstić information content (AvgIpc) is 3.25. The standard InChI is InChI=1S/C23H40O/c1-5-10-21(3,16-18(2)24)11-9-19-7-6-8-20-17-23(14-15-23)13-12-22(19,20)4/h19-20H,5-17H2,1-4H3/t19-,20-,21?,22-/m1/s1. The van der Waals surface area contributed by atoms with Gasteiger partial charge in [0.2, 0.25) is 0 Å². The van der Waals surface area contributed by atoms with Gasteiger partial charge in [-0.15, -0.1) is 0 Å². The summed E-state index contributed by atoms with van der Waals surface area (Å²) in [5.41, 5.74) is 1.66. The van der Waals surface area contributed by atoms with Gasteiger partial charge in [0.05, 0.1) is 0 Å². The highest BCUT2D eigenvalue weighted by atomic mass is 16.1. The Labute approximate surface area is 150 Å². The maximum atomic E-state index is 11.8. The van der Waals surface area contributed by atoms with Gasteiger partial charge < -0.3 is 4.79 Å². The van der Waals surface area contributed by atoms with Gasteiger partial charge in [-0.05, 0) is 99.2 Å². The lowest BCUT2D eigenvalue weighted by atomic mass is 9.52. The molecule has 1 unspecified atom stereocenters. The maximum absolute atomic E-state index is 11.8. The second kappa shape index (κ2) is 6.76. The molecule has 3 rings (SSSR count). The highest BCUT2D eigenvalue weighted by Crippen LogP contribution is 2.66. The van der Waals surface area contributed by atoms with E-state index < -0.39 is 0 Å². The van der Waals surface area contributed by atoms with Crippen LogP contribution in [0.15, 0.2) is 0 Å².